The van der Waals surface area contributed by atoms with Crippen molar-refractivity contribution in [2.24, 2.45) is 7.05 Å². The fraction of sp³-hybridized carbons (Fsp3) is 0.294. The molecule has 0 spiro atoms. The van der Waals surface area contributed by atoms with Crippen molar-refractivity contribution < 1.29 is 12.8 Å². The van der Waals surface area contributed by atoms with Gasteiger partial charge in [-0.1, -0.05) is 30.3 Å². The van der Waals surface area contributed by atoms with Gasteiger partial charge < -0.3 is 8.98 Å². The van der Waals surface area contributed by atoms with Crippen molar-refractivity contribution in [1.29, 1.82) is 0 Å². The number of hydrogen-bond acceptors (Lipinski definition) is 5. The lowest BCUT2D eigenvalue weighted by Gasteiger charge is -2.05. The van der Waals surface area contributed by atoms with E-state index in [1.165, 1.54) is 4.57 Å². The van der Waals surface area contributed by atoms with Crippen LogP contribution in [0.25, 0.3) is 11.4 Å². The molecule has 1 aromatic carbocycles. The number of sulfone groups is 1. The fourth-order valence-electron chi connectivity index (χ4n) is 2.64. The molecule has 0 saturated carbocycles. The quantitative estimate of drug-likeness (QED) is 0.686. The van der Waals surface area contributed by atoms with Gasteiger partial charge in [0.2, 0.25) is 15.0 Å². The number of benzene rings is 1. The average Bonchev–Trinajstić information content (AvgIpc) is 3.14. The summed E-state index contributed by atoms with van der Waals surface area (Å²) in [5.74, 6) is 1.21. The van der Waals surface area contributed by atoms with E-state index in [-0.39, 0.29) is 10.9 Å². The Morgan fingerprint density at radius 3 is 2.54 bits per heavy atom. The van der Waals surface area contributed by atoms with Crippen molar-refractivity contribution in [1.82, 2.24) is 14.8 Å². The molecule has 0 saturated heterocycles. The van der Waals surface area contributed by atoms with Crippen LogP contribution in [0.1, 0.15) is 17.7 Å². The Bertz CT molecular complexity index is 927. The molecule has 2 aromatic heterocycles. The van der Waals surface area contributed by atoms with Crippen molar-refractivity contribution in [3.8, 4) is 11.4 Å². The van der Waals surface area contributed by atoms with Crippen LogP contribution in [0.5, 0.6) is 0 Å². The Kier molecular flexibility index (Phi) is 4.53. The molecular formula is C17H19N3O3S. The second kappa shape index (κ2) is 6.60. The Morgan fingerprint density at radius 2 is 1.88 bits per heavy atom. The summed E-state index contributed by atoms with van der Waals surface area (Å²) in [5.41, 5.74) is 1.87. The molecule has 6 nitrogen and oxygen atoms in total. The third-order valence-corrected chi connectivity index (χ3v) is 5.67. The minimum absolute atomic E-state index is 0.00818. The van der Waals surface area contributed by atoms with Crippen LogP contribution >= 0.6 is 0 Å². The van der Waals surface area contributed by atoms with Crippen LogP contribution in [0.4, 0.5) is 0 Å². The van der Waals surface area contributed by atoms with E-state index in [1.807, 2.05) is 30.3 Å². The van der Waals surface area contributed by atoms with E-state index in [0.29, 0.717) is 24.4 Å². The van der Waals surface area contributed by atoms with E-state index in [1.54, 1.807) is 26.3 Å². The number of hydrogen-bond donors (Lipinski definition) is 0. The molecule has 7 heteroatoms. The standard InChI is InChI=1S/C17H19N3O3S/c1-13-15(10-11-23-13)16-18-19-17(20(16)2)24(21,22)12-6-9-14-7-4-3-5-8-14/h3-5,7-8,10-11H,6,9,12H2,1-2H3. The first-order valence-electron chi connectivity index (χ1n) is 7.69. The summed E-state index contributed by atoms with van der Waals surface area (Å²) in [6.07, 6.45) is 2.80. The molecule has 0 aliphatic heterocycles. The van der Waals surface area contributed by atoms with Crippen LogP contribution in [0, 0.1) is 6.92 Å². The van der Waals surface area contributed by atoms with Gasteiger partial charge >= 0.3 is 0 Å². The zero-order valence-electron chi connectivity index (χ0n) is 13.6. The van der Waals surface area contributed by atoms with Crippen LogP contribution in [-0.2, 0) is 23.3 Å². The zero-order chi connectivity index (χ0) is 17.2. The van der Waals surface area contributed by atoms with Gasteiger partial charge in [-0.2, -0.15) is 0 Å². The molecule has 126 valence electrons. The summed E-state index contributed by atoms with van der Waals surface area (Å²) in [4.78, 5) is 0. The van der Waals surface area contributed by atoms with Gasteiger partial charge in [-0.05, 0) is 31.4 Å². The highest BCUT2D eigenvalue weighted by Crippen LogP contribution is 2.24. The van der Waals surface area contributed by atoms with Crippen LogP contribution in [0.2, 0.25) is 0 Å². The summed E-state index contributed by atoms with van der Waals surface area (Å²) in [5, 5.41) is 7.91. The highest BCUT2D eigenvalue weighted by atomic mass is 32.2. The molecule has 3 rings (SSSR count). The number of aromatic nitrogens is 3. The smallest absolute Gasteiger partial charge is 0.249 e. The molecule has 0 bridgehead atoms. The maximum absolute atomic E-state index is 12.6. The number of nitrogens with zero attached hydrogens (tertiary/aromatic N) is 3. The summed E-state index contributed by atoms with van der Waals surface area (Å²) in [6, 6.07) is 11.6. The SMILES string of the molecule is Cc1occc1-c1nnc(S(=O)(=O)CCCc2ccccc2)n1C. The Hall–Kier alpha value is -2.41. The zero-order valence-corrected chi connectivity index (χ0v) is 14.5. The second-order valence-electron chi connectivity index (χ2n) is 5.66. The number of rotatable bonds is 6. The first-order chi connectivity index (χ1) is 11.5. The van der Waals surface area contributed by atoms with E-state index in [9.17, 15) is 8.42 Å². The largest absolute Gasteiger partial charge is 0.469 e. The molecule has 0 N–H and O–H groups in total. The third kappa shape index (κ3) is 3.26. The normalized spacial score (nSPS) is 11.8. The van der Waals surface area contributed by atoms with Crippen molar-refractivity contribution in [3.05, 3.63) is 54.0 Å². The van der Waals surface area contributed by atoms with Gasteiger partial charge in [0.15, 0.2) is 5.82 Å². The van der Waals surface area contributed by atoms with Gasteiger partial charge in [-0.3, -0.25) is 0 Å². The maximum Gasteiger partial charge on any atom is 0.249 e. The second-order valence-corrected chi connectivity index (χ2v) is 7.67. The molecule has 0 unspecified atom stereocenters. The fourth-order valence-corrected chi connectivity index (χ4v) is 4.02. The molecule has 0 atom stereocenters. The highest BCUT2D eigenvalue weighted by Gasteiger charge is 2.24. The lowest BCUT2D eigenvalue weighted by Crippen LogP contribution is -2.13. The Labute approximate surface area is 141 Å². The topological polar surface area (TPSA) is 78.0 Å². The summed E-state index contributed by atoms with van der Waals surface area (Å²) >= 11 is 0. The van der Waals surface area contributed by atoms with Crippen molar-refractivity contribution in [3.63, 3.8) is 0 Å². The maximum atomic E-state index is 12.6. The predicted molar refractivity (Wildman–Crippen MR) is 90.3 cm³/mol. The van der Waals surface area contributed by atoms with E-state index in [0.717, 1.165) is 11.1 Å². The van der Waals surface area contributed by atoms with Crippen LogP contribution in [0.15, 0.2) is 52.2 Å². The van der Waals surface area contributed by atoms with Crippen molar-refractivity contribution in [2.75, 3.05) is 5.75 Å². The van der Waals surface area contributed by atoms with Crippen LogP contribution < -0.4 is 0 Å². The van der Waals surface area contributed by atoms with Crippen molar-refractivity contribution in [2.45, 2.75) is 24.9 Å². The lowest BCUT2D eigenvalue weighted by atomic mass is 10.1. The highest BCUT2D eigenvalue weighted by molar-refractivity contribution is 7.91. The minimum atomic E-state index is -3.49. The van der Waals surface area contributed by atoms with E-state index in [4.69, 9.17) is 4.42 Å². The Balaban J connectivity index is 1.76. The van der Waals surface area contributed by atoms with Gasteiger partial charge in [0.05, 0.1) is 17.6 Å². The van der Waals surface area contributed by atoms with Gasteiger partial charge in [0, 0.05) is 7.05 Å². The van der Waals surface area contributed by atoms with E-state index in [2.05, 4.69) is 10.2 Å². The first-order valence-corrected chi connectivity index (χ1v) is 9.35. The summed E-state index contributed by atoms with van der Waals surface area (Å²) in [7, 11) is -1.83. The van der Waals surface area contributed by atoms with E-state index >= 15 is 0 Å². The molecule has 3 aromatic rings. The third-order valence-electron chi connectivity index (χ3n) is 3.93. The lowest BCUT2D eigenvalue weighted by molar-refractivity contribution is 0.534. The molecule has 0 amide bonds. The van der Waals surface area contributed by atoms with Crippen LogP contribution in [-0.4, -0.2) is 28.9 Å². The van der Waals surface area contributed by atoms with Gasteiger partial charge in [0.25, 0.3) is 0 Å². The first kappa shape index (κ1) is 16.4. The molecule has 0 fully saturated rings. The molecule has 24 heavy (non-hydrogen) atoms. The predicted octanol–water partition coefficient (Wildman–Crippen LogP) is 2.79. The monoisotopic (exact) mass is 345 g/mol. The number of furan rings is 1. The van der Waals surface area contributed by atoms with Crippen molar-refractivity contribution >= 4 is 9.84 Å². The van der Waals surface area contributed by atoms with Gasteiger partial charge in [-0.15, -0.1) is 10.2 Å². The molecule has 0 aliphatic carbocycles. The summed E-state index contributed by atoms with van der Waals surface area (Å²) < 4.78 is 31.9. The molecular weight excluding hydrogens is 326 g/mol. The van der Waals surface area contributed by atoms with Gasteiger partial charge in [-0.25, -0.2) is 8.42 Å². The van der Waals surface area contributed by atoms with E-state index < -0.39 is 9.84 Å². The molecule has 0 radical (unpaired) electrons. The number of aryl methyl sites for hydroxylation is 2. The van der Waals surface area contributed by atoms with Crippen LogP contribution in [0.3, 0.4) is 0 Å². The van der Waals surface area contributed by atoms with Gasteiger partial charge in [0.1, 0.15) is 5.76 Å². The molecule has 2 heterocycles. The summed E-state index contributed by atoms with van der Waals surface area (Å²) in [6.45, 7) is 1.80. The Morgan fingerprint density at radius 1 is 1.12 bits per heavy atom. The minimum Gasteiger partial charge on any atom is -0.469 e. The average molecular weight is 345 g/mol. The molecule has 0 aliphatic rings.